The molecule has 0 saturated heterocycles. The molecule has 1 unspecified atom stereocenters. The second-order valence-corrected chi connectivity index (χ2v) is 7.86. The maximum atomic E-state index is 12.5. The number of benzene rings is 1. The molecule has 1 atom stereocenters. The maximum Gasteiger partial charge on any atom is 0.292 e. The van der Waals surface area contributed by atoms with Gasteiger partial charge < -0.3 is 0 Å². The molecule has 148 valence electrons. The molecule has 1 aliphatic rings. The van der Waals surface area contributed by atoms with Gasteiger partial charge in [0.2, 0.25) is 0 Å². The molecule has 28 heavy (non-hydrogen) atoms. The predicted octanol–water partition coefficient (Wildman–Crippen LogP) is 3.62. The van der Waals surface area contributed by atoms with E-state index in [0.717, 1.165) is 36.9 Å². The van der Waals surface area contributed by atoms with Gasteiger partial charge >= 0.3 is 0 Å². The van der Waals surface area contributed by atoms with Crippen molar-refractivity contribution in [3.63, 3.8) is 0 Å². The molecule has 0 spiro atoms. The molecule has 0 bridgehead atoms. The lowest BCUT2D eigenvalue weighted by atomic mass is 9.69. The number of hydrogen-bond acceptors (Lipinski definition) is 5. The summed E-state index contributed by atoms with van der Waals surface area (Å²) in [4.78, 5) is 22.8. The smallest absolute Gasteiger partial charge is 0.281 e. The van der Waals surface area contributed by atoms with Crippen LogP contribution < -0.4 is 5.43 Å². The molecule has 1 aromatic heterocycles. The summed E-state index contributed by atoms with van der Waals surface area (Å²) in [5.41, 5.74) is 5.80. The Morgan fingerprint density at radius 1 is 1.43 bits per heavy atom. The molecule has 0 fully saturated rings. The summed E-state index contributed by atoms with van der Waals surface area (Å²) >= 11 is 0. The van der Waals surface area contributed by atoms with Crippen LogP contribution in [-0.2, 0) is 12.8 Å². The quantitative estimate of drug-likeness (QED) is 0.450. The van der Waals surface area contributed by atoms with E-state index >= 15 is 0 Å². The molecule has 1 amide bonds. The first-order valence-electron chi connectivity index (χ1n) is 9.45. The minimum atomic E-state index is -0.462. The largest absolute Gasteiger partial charge is 0.292 e. The monoisotopic (exact) mass is 383 g/mol. The Labute approximate surface area is 163 Å². The molecular weight excluding hydrogens is 358 g/mol. The Hall–Kier alpha value is -3.03. The average Bonchev–Trinajstić information content (AvgIpc) is 3.11. The van der Waals surface area contributed by atoms with Crippen LogP contribution in [0.2, 0.25) is 0 Å². The van der Waals surface area contributed by atoms with Crippen LogP contribution in [0.25, 0.3) is 0 Å². The second kappa shape index (κ2) is 7.92. The van der Waals surface area contributed by atoms with Crippen LogP contribution in [0, 0.1) is 21.4 Å². The van der Waals surface area contributed by atoms with Crippen LogP contribution in [0.5, 0.6) is 0 Å². The van der Waals surface area contributed by atoms with Crippen LogP contribution in [0.4, 0.5) is 5.69 Å². The summed E-state index contributed by atoms with van der Waals surface area (Å²) in [7, 11) is 0. The molecular formula is C20H25N5O3. The minimum absolute atomic E-state index is 0.00824. The third kappa shape index (κ3) is 4.11. The topological polar surface area (TPSA) is 113 Å². The van der Waals surface area contributed by atoms with Gasteiger partial charge in [-0.2, -0.15) is 10.2 Å². The van der Waals surface area contributed by atoms with Gasteiger partial charge in [0.1, 0.15) is 0 Å². The summed E-state index contributed by atoms with van der Waals surface area (Å²) in [6, 6.07) is 5.93. The first-order valence-corrected chi connectivity index (χ1v) is 9.45. The number of fused-ring (bicyclic) bond motifs is 1. The number of non-ortho nitro benzene ring substituents is 1. The van der Waals surface area contributed by atoms with Gasteiger partial charge in [0.05, 0.1) is 11.1 Å². The Bertz CT molecular complexity index is 899. The number of aryl methyl sites for hydroxylation is 1. The second-order valence-electron chi connectivity index (χ2n) is 7.86. The van der Waals surface area contributed by atoms with Gasteiger partial charge in [0.25, 0.3) is 11.6 Å². The van der Waals surface area contributed by atoms with Crippen LogP contribution in [0.15, 0.2) is 29.4 Å². The normalized spacial score (nSPS) is 16.8. The first kappa shape index (κ1) is 19.7. The van der Waals surface area contributed by atoms with Crippen molar-refractivity contribution in [1.29, 1.82) is 0 Å². The van der Waals surface area contributed by atoms with Crippen molar-refractivity contribution in [3.05, 3.63) is 56.9 Å². The van der Waals surface area contributed by atoms with E-state index in [1.54, 1.807) is 12.1 Å². The number of aromatic amines is 1. The number of rotatable bonds is 6. The summed E-state index contributed by atoms with van der Waals surface area (Å²) in [5.74, 6) is 0.156. The Kier molecular flexibility index (Phi) is 5.58. The molecule has 1 aromatic carbocycles. The molecule has 8 nitrogen and oxygen atoms in total. The third-order valence-electron chi connectivity index (χ3n) is 5.86. The van der Waals surface area contributed by atoms with E-state index in [9.17, 15) is 14.9 Å². The molecule has 1 heterocycles. The summed E-state index contributed by atoms with van der Waals surface area (Å²) < 4.78 is 0. The first-order chi connectivity index (χ1) is 13.3. The third-order valence-corrected chi connectivity index (χ3v) is 5.86. The zero-order valence-corrected chi connectivity index (χ0v) is 16.4. The molecule has 2 aromatic rings. The number of nitrogens with one attached hydrogen (secondary N) is 2. The van der Waals surface area contributed by atoms with Gasteiger partial charge in [-0.15, -0.1) is 0 Å². The number of carbonyl (C=O) groups is 1. The van der Waals surface area contributed by atoms with Crippen molar-refractivity contribution in [3.8, 4) is 0 Å². The van der Waals surface area contributed by atoms with E-state index < -0.39 is 4.92 Å². The minimum Gasteiger partial charge on any atom is -0.281 e. The van der Waals surface area contributed by atoms with Crippen LogP contribution in [0.1, 0.15) is 60.9 Å². The van der Waals surface area contributed by atoms with Crippen LogP contribution in [-0.4, -0.2) is 27.2 Å². The highest BCUT2D eigenvalue weighted by atomic mass is 16.6. The van der Waals surface area contributed by atoms with Crippen molar-refractivity contribution in [1.82, 2.24) is 15.6 Å². The van der Waals surface area contributed by atoms with Crippen LogP contribution in [0.3, 0.4) is 0 Å². The summed E-state index contributed by atoms with van der Waals surface area (Å²) in [5, 5.41) is 21.8. The number of nitrogens with zero attached hydrogens (tertiary/aromatic N) is 3. The predicted molar refractivity (Wildman–Crippen MR) is 106 cm³/mol. The Balaban J connectivity index is 1.68. The van der Waals surface area contributed by atoms with E-state index in [2.05, 4.69) is 41.5 Å². The standard InChI is InChI=1S/C20H25N5O3/c1-4-20(2,3)14-7-10-17-16(11-14)18(23-22-17)19(26)24-21-12-13-5-8-15(9-6-13)25(27)28/h5-6,8-9,12,14H,4,7,10-11H2,1-3H3,(H,22,23)(H,24,26)/b21-12+. The van der Waals surface area contributed by atoms with Gasteiger partial charge in [0, 0.05) is 23.4 Å². The lowest BCUT2D eigenvalue weighted by Crippen LogP contribution is -2.30. The highest BCUT2D eigenvalue weighted by molar-refractivity contribution is 5.94. The molecule has 0 radical (unpaired) electrons. The highest BCUT2D eigenvalue weighted by Gasteiger charge is 2.34. The Morgan fingerprint density at radius 2 is 2.14 bits per heavy atom. The number of aromatic nitrogens is 2. The molecule has 0 aliphatic heterocycles. The van der Waals surface area contributed by atoms with E-state index in [1.807, 2.05) is 0 Å². The van der Waals surface area contributed by atoms with E-state index in [1.165, 1.54) is 18.3 Å². The fraction of sp³-hybridized carbons (Fsp3) is 0.450. The van der Waals surface area contributed by atoms with Crippen molar-refractivity contribution >= 4 is 17.8 Å². The molecule has 3 rings (SSSR count). The lowest BCUT2D eigenvalue weighted by molar-refractivity contribution is -0.384. The highest BCUT2D eigenvalue weighted by Crippen LogP contribution is 2.40. The van der Waals surface area contributed by atoms with Crippen molar-refractivity contribution in [2.24, 2.45) is 16.4 Å². The van der Waals surface area contributed by atoms with Crippen molar-refractivity contribution in [2.75, 3.05) is 0 Å². The summed E-state index contributed by atoms with van der Waals surface area (Å²) in [6.45, 7) is 6.75. The van der Waals surface area contributed by atoms with Gasteiger partial charge in [-0.1, -0.05) is 27.2 Å². The zero-order valence-electron chi connectivity index (χ0n) is 16.4. The number of hydrazone groups is 1. The number of amides is 1. The van der Waals surface area contributed by atoms with E-state index in [-0.39, 0.29) is 17.0 Å². The Morgan fingerprint density at radius 3 is 2.79 bits per heavy atom. The molecule has 8 heteroatoms. The van der Waals surface area contributed by atoms with E-state index in [4.69, 9.17) is 0 Å². The molecule has 0 saturated carbocycles. The average molecular weight is 383 g/mol. The van der Waals surface area contributed by atoms with Crippen molar-refractivity contribution in [2.45, 2.75) is 46.5 Å². The number of H-pyrrole nitrogens is 1. The van der Waals surface area contributed by atoms with Gasteiger partial charge in [-0.05, 0) is 48.3 Å². The fourth-order valence-corrected chi connectivity index (χ4v) is 3.54. The van der Waals surface area contributed by atoms with Crippen LogP contribution >= 0.6 is 0 Å². The summed E-state index contributed by atoms with van der Waals surface area (Å²) in [6.07, 6.45) is 5.36. The number of hydrogen-bond donors (Lipinski definition) is 2. The van der Waals surface area contributed by atoms with Gasteiger partial charge in [-0.25, -0.2) is 5.43 Å². The lowest BCUT2D eigenvalue weighted by Gasteiger charge is -2.36. The number of nitro groups is 1. The van der Waals surface area contributed by atoms with Crippen molar-refractivity contribution < 1.29 is 9.72 Å². The fourth-order valence-electron chi connectivity index (χ4n) is 3.54. The molecule has 1 aliphatic carbocycles. The maximum absolute atomic E-state index is 12.5. The molecule has 2 N–H and O–H groups in total. The van der Waals surface area contributed by atoms with Gasteiger partial charge in [0.15, 0.2) is 5.69 Å². The van der Waals surface area contributed by atoms with Gasteiger partial charge in [-0.3, -0.25) is 20.0 Å². The zero-order chi connectivity index (χ0) is 20.3. The van der Waals surface area contributed by atoms with E-state index in [0.29, 0.717) is 17.2 Å². The number of nitro benzene ring substituents is 1. The number of carbonyl (C=O) groups excluding carboxylic acids is 1. The SMILES string of the molecule is CCC(C)(C)C1CCc2[nH]nc(C(=O)N/N=C/c3ccc([N+](=O)[O-])cc3)c2C1.